The summed E-state index contributed by atoms with van der Waals surface area (Å²) in [6, 6.07) is 11.5. The van der Waals surface area contributed by atoms with Gasteiger partial charge < -0.3 is 0 Å². The highest BCUT2D eigenvalue weighted by atomic mass is 79.9. The Balaban J connectivity index is 1.64. The summed E-state index contributed by atoms with van der Waals surface area (Å²) >= 11 is 6.49. The SMILES string of the molecule is CC(Sc1nnnn1CCc1cccs1)C(=O)c1ccc(Br)cc1. The van der Waals surface area contributed by atoms with E-state index < -0.39 is 0 Å². The van der Waals surface area contributed by atoms with Crippen LogP contribution in [0.25, 0.3) is 0 Å². The molecule has 0 amide bonds. The Bertz CT molecular complexity index is 802. The molecule has 0 fully saturated rings. The van der Waals surface area contributed by atoms with E-state index in [1.165, 1.54) is 16.6 Å². The van der Waals surface area contributed by atoms with Crippen molar-refractivity contribution >= 4 is 44.8 Å². The number of Topliss-reactive ketones (excluding diaryl/α,β-unsaturated/α-hetero) is 1. The predicted octanol–water partition coefficient (Wildman–Crippen LogP) is 4.10. The van der Waals surface area contributed by atoms with Crippen LogP contribution in [-0.4, -0.2) is 31.2 Å². The van der Waals surface area contributed by atoms with E-state index in [4.69, 9.17) is 0 Å². The number of hydrogen-bond donors (Lipinski definition) is 0. The summed E-state index contributed by atoms with van der Waals surface area (Å²) < 4.78 is 2.72. The van der Waals surface area contributed by atoms with Crippen LogP contribution in [0.5, 0.6) is 0 Å². The summed E-state index contributed by atoms with van der Waals surface area (Å²) in [5.41, 5.74) is 0.691. The van der Waals surface area contributed by atoms with E-state index in [2.05, 4.69) is 42.9 Å². The Kier molecular flexibility index (Phi) is 5.80. The summed E-state index contributed by atoms with van der Waals surface area (Å²) in [6.45, 7) is 2.59. The van der Waals surface area contributed by atoms with Crippen LogP contribution < -0.4 is 0 Å². The average Bonchev–Trinajstić information content (AvgIpc) is 3.24. The molecule has 0 aliphatic carbocycles. The van der Waals surface area contributed by atoms with E-state index in [0.717, 1.165) is 10.9 Å². The second kappa shape index (κ2) is 8.04. The number of thioether (sulfide) groups is 1. The first-order valence-corrected chi connectivity index (χ1v) is 9.93. The van der Waals surface area contributed by atoms with E-state index in [-0.39, 0.29) is 11.0 Å². The molecule has 0 saturated carbocycles. The standard InChI is InChI=1S/C16H15BrN4OS2/c1-11(15(22)12-4-6-13(17)7-5-12)24-16-18-19-20-21(16)9-8-14-3-2-10-23-14/h2-7,10-11H,8-9H2,1H3. The van der Waals surface area contributed by atoms with Crippen LogP contribution in [0, 0.1) is 0 Å². The second-order valence-corrected chi connectivity index (χ2v) is 8.40. The molecule has 0 N–H and O–H groups in total. The number of hydrogen-bond acceptors (Lipinski definition) is 6. The van der Waals surface area contributed by atoms with E-state index >= 15 is 0 Å². The van der Waals surface area contributed by atoms with Gasteiger partial charge in [0.2, 0.25) is 5.16 Å². The van der Waals surface area contributed by atoms with Crippen LogP contribution in [-0.2, 0) is 13.0 Å². The maximum Gasteiger partial charge on any atom is 0.210 e. The number of carbonyl (C=O) groups is 1. The van der Waals surface area contributed by atoms with Gasteiger partial charge in [-0.15, -0.1) is 16.4 Å². The van der Waals surface area contributed by atoms with Crippen molar-refractivity contribution in [3.8, 4) is 0 Å². The van der Waals surface area contributed by atoms with Gasteiger partial charge in [0, 0.05) is 21.3 Å². The Morgan fingerprint density at radius 1 is 1.33 bits per heavy atom. The lowest BCUT2D eigenvalue weighted by Crippen LogP contribution is -2.15. The fourth-order valence-electron chi connectivity index (χ4n) is 2.15. The number of halogens is 1. The van der Waals surface area contributed by atoms with Crippen molar-refractivity contribution in [1.29, 1.82) is 0 Å². The molecule has 2 heterocycles. The number of ketones is 1. The van der Waals surface area contributed by atoms with Crippen LogP contribution >= 0.6 is 39.0 Å². The number of carbonyl (C=O) groups excluding carboxylic acids is 1. The van der Waals surface area contributed by atoms with Crippen LogP contribution in [0.15, 0.2) is 51.4 Å². The van der Waals surface area contributed by atoms with Crippen LogP contribution in [0.2, 0.25) is 0 Å². The van der Waals surface area contributed by atoms with Gasteiger partial charge in [-0.3, -0.25) is 4.79 Å². The molecule has 0 aliphatic heterocycles. The van der Waals surface area contributed by atoms with E-state index in [9.17, 15) is 4.79 Å². The van der Waals surface area contributed by atoms with Crippen molar-refractivity contribution in [3.05, 3.63) is 56.7 Å². The highest BCUT2D eigenvalue weighted by Crippen LogP contribution is 2.24. The van der Waals surface area contributed by atoms with Gasteiger partial charge >= 0.3 is 0 Å². The number of aryl methyl sites for hydroxylation is 2. The summed E-state index contributed by atoms with van der Waals surface area (Å²) in [4.78, 5) is 13.8. The third kappa shape index (κ3) is 4.31. The number of aromatic nitrogens is 4. The smallest absolute Gasteiger partial charge is 0.210 e. The molecular weight excluding hydrogens is 408 g/mol. The fraction of sp³-hybridized carbons (Fsp3) is 0.250. The minimum atomic E-state index is -0.252. The topological polar surface area (TPSA) is 60.7 Å². The molecule has 1 aromatic carbocycles. The lowest BCUT2D eigenvalue weighted by atomic mass is 10.1. The zero-order valence-electron chi connectivity index (χ0n) is 12.9. The maximum atomic E-state index is 12.5. The molecule has 5 nitrogen and oxygen atoms in total. The number of benzene rings is 1. The molecular formula is C16H15BrN4OS2. The van der Waals surface area contributed by atoms with E-state index in [1.807, 2.05) is 37.3 Å². The zero-order valence-corrected chi connectivity index (χ0v) is 16.1. The lowest BCUT2D eigenvalue weighted by Gasteiger charge is -2.10. The van der Waals surface area contributed by atoms with Gasteiger partial charge in [-0.1, -0.05) is 45.9 Å². The first-order chi connectivity index (χ1) is 11.6. The second-order valence-electron chi connectivity index (χ2n) is 5.15. The van der Waals surface area contributed by atoms with Gasteiger partial charge in [0.25, 0.3) is 0 Å². The molecule has 1 atom stereocenters. The summed E-state index contributed by atoms with van der Waals surface area (Å²) in [5.74, 6) is 0.0697. The van der Waals surface area contributed by atoms with Gasteiger partial charge in [0.1, 0.15) is 0 Å². The Labute approximate surface area is 156 Å². The van der Waals surface area contributed by atoms with E-state index in [1.54, 1.807) is 16.0 Å². The summed E-state index contributed by atoms with van der Waals surface area (Å²) in [7, 11) is 0. The molecule has 8 heteroatoms. The van der Waals surface area contributed by atoms with Crippen molar-refractivity contribution in [2.24, 2.45) is 0 Å². The maximum absolute atomic E-state index is 12.5. The molecule has 2 aromatic heterocycles. The van der Waals surface area contributed by atoms with Gasteiger partial charge in [0.05, 0.1) is 11.8 Å². The van der Waals surface area contributed by atoms with Gasteiger partial charge in [-0.25, -0.2) is 4.68 Å². The first kappa shape index (κ1) is 17.3. The van der Waals surface area contributed by atoms with Crippen molar-refractivity contribution in [2.45, 2.75) is 30.3 Å². The predicted molar refractivity (Wildman–Crippen MR) is 99.6 cm³/mol. The van der Waals surface area contributed by atoms with Crippen LogP contribution in [0.4, 0.5) is 0 Å². The molecule has 0 radical (unpaired) electrons. The number of rotatable bonds is 7. The molecule has 0 saturated heterocycles. The minimum absolute atomic E-state index is 0.0697. The minimum Gasteiger partial charge on any atom is -0.293 e. The molecule has 24 heavy (non-hydrogen) atoms. The average molecular weight is 423 g/mol. The quantitative estimate of drug-likeness (QED) is 0.423. The van der Waals surface area contributed by atoms with Gasteiger partial charge in [-0.05, 0) is 40.9 Å². The Morgan fingerprint density at radius 3 is 2.83 bits per heavy atom. The van der Waals surface area contributed by atoms with Gasteiger partial charge in [0.15, 0.2) is 5.78 Å². The molecule has 3 rings (SSSR count). The normalized spacial score (nSPS) is 12.2. The summed E-state index contributed by atoms with van der Waals surface area (Å²) in [6.07, 6.45) is 0.880. The summed E-state index contributed by atoms with van der Waals surface area (Å²) in [5, 5.41) is 14.3. The van der Waals surface area contributed by atoms with E-state index in [0.29, 0.717) is 17.3 Å². The molecule has 1 unspecified atom stereocenters. The van der Waals surface area contributed by atoms with Crippen molar-refractivity contribution in [3.63, 3.8) is 0 Å². The largest absolute Gasteiger partial charge is 0.293 e. The number of thiophene rings is 1. The fourth-order valence-corrected chi connectivity index (χ4v) is 4.01. The first-order valence-electron chi connectivity index (χ1n) is 7.38. The van der Waals surface area contributed by atoms with Crippen LogP contribution in [0.3, 0.4) is 0 Å². The van der Waals surface area contributed by atoms with Crippen molar-refractivity contribution in [2.75, 3.05) is 0 Å². The third-order valence-corrected chi connectivity index (χ3v) is 5.96. The third-order valence-electron chi connectivity index (χ3n) is 3.43. The molecule has 0 bridgehead atoms. The Hall–Kier alpha value is -1.51. The highest BCUT2D eigenvalue weighted by Gasteiger charge is 2.20. The lowest BCUT2D eigenvalue weighted by molar-refractivity contribution is 0.0994. The van der Waals surface area contributed by atoms with Crippen molar-refractivity contribution in [1.82, 2.24) is 20.2 Å². The number of tetrazole rings is 1. The highest BCUT2D eigenvalue weighted by molar-refractivity contribution is 9.10. The molecule has 0 spiro atoms. The molecule has 0 aliphatic rings. The van der Waals surface area contributed by atoms with Crippen LogP contribution in [0.1, 0.15) is 22.2 Å². The monoisotopic (exact) mass is 422 g/mol. The zero-order chi connectivity index (χ0) is 16.9. The molecule has 3 aromatic rings. The van der Waals surface area contributed by atoms with Crippen molar-refractivity contribution < 1.29 is 4.79 Å². The number of nitrogens with zero attached hydrogens (tertiary/aromatic N) is 4. The van der Waals surface area contributed by atoms with Gasteiger partial charge in [-0.2, -0.15) is 0 Å². The Morgan fingerprint density at radius 2 is 2.12 bits per heavy atom. The molecule has 124 valence electrons.